The van der Waals surface area contributed by atoms with Crippen LogP contribution in [0, 0.1) is 0 Å². The van der Waals surface area contributed by atoms with E-state index in [2.05, 4.69) is 35.8 Å². The molecule has 0 fully saturated rings. The molecule has 0 spiro atoms. The van der Waals surface area contributed by atoms with Crippen LogP contribution in [-0.4, -0.2) is 39.4 Å². The Balaban J connectivity index is 1.57. The fraction of sp³-hybridized carbons (Fsp3) is 0.435. The van der Waals surface area contributed by atoms with Gasteiger partial charge in [-0.25, -0.2) is 4.99 Å². The van der Waals surface area contributed by atoms with Crippen LogP contribution >= 0.6 is 0 Å². The summed E-state index contributed by atoms with van der Waals surface area (Å²) in [4.78, 5) is 4.71. The number of aliphatic imine (C=N–C) groups is 1. The zero-order valence-electron chi connectivity index (χ0n) is 17.6. The van der Waals surface area contributed by atoms with Gasteiger partial charge in [-0.1, -0.05) is 18.2 Å². The zero-order valence-corrected chi connectivity index (χ0v) is 17.6. The van der Waals surface area contributed by atoms with Gasteiger partial charge in [-0.05, 0) is 55.2 Å². The Morgan fingerprint density at radius 1 is 1.07 bits per heavy atom. The number of nitrogens with zero attached hydrogens (tertiary/aromatic N) is 1. The number of hydrogen-bond donors (Lipinski definition) is 2. The smallest absolute Gasteiger partial charge is 0.191 e. The zero-order chi connectivity index (χ0) is 20.5. The summed E-state index contributed by atoms with van der Waals surface area (Å²) in [5, 5.41) is 6.73. The molecule has 1 aliphatic rings. The van der Waals surface area contributed by atoms with Gasteiger partial charge in [0.15, 0.2) is 17.5 Å². The summed E-state index contributed by atoms with van der Waals surface area (Å²) in [5.74, 6) is 3.33. The van der Waals surface area contributed by atoms with E-state index >= 15 is 0 Å². The second-order valence-corrected chi connectivity index (χ2v) is 6.83. The number of rotatable bonds is 9. The first-order chi connectivity index (χ1) is 14.2. The predicted octanol–water partition coefficient (Wildman–Crippen LogP) is 3.33. The van der Waals surface area contributed by atoms with Gasteiger partial charge < -0.3 is 24.8 Å². The Labute approximate surface area is 173 Å². The second-order valence-electron chi connectivity index (χ2n) is 6.83. The van der Waals surface area contributed by atoms with Crippen molar-refractivity contribution in [2.75, 3.05) is 33.4 Å². The van der Waals surface area contributed by atoms with Crippen molar-refractivity contribution in [1.29, 1.82) is 0 Å². The molecule has 0 atom stereocenters. The van der Waals surface area contributed by atoms with Gasteiger partial charge >= 0.3 is 0 Å². The highest BCUT2D eigenvalue weighted by Crippen LogP contribution is 2.28. The minimum Gasteiger partial charge on any atom is -0.493 e. The first-order valence-electron chi connectivity index (χ1n) is 10.3. The molecule has 0 unspecified atom stereocenters. The molecule has 2 N–H and O–H groups in total. The van der Waals surface area contributed by atoms with Crippen LogP contribution in [0.4, 0.5) is 0 Å². The highest BCUT2D eigenvalue weighted by atomic mass is 16.5. The van der Waals surface area contributed by atoms with Crippen LogP contribution in [0.3, 0.4) is 0 Å². The van der Waals surface area contributed by atoms with Gasteiger partial charge in [0.05, 0.1) is 26.9 Å². The lowest BCUT2D eigenvalue weighted by Crippen LogP contribution is -2.38. The maximum atomic E-state index is 5.65. The van der Waals surface area contributed by atoms with Crippen molar-refractivity contribution in [3.63, 3.8) is 0 Å². The quantitative estimate of drug-likeness (QED) is 0.502. The van der Waals surface area contributed by atoms with Crippen molar-refractivity contribution < 1.29 is 14.2 Å². The van der Waals surface area contributed by atoms with Crippen LogP contribution < -0.4 is 24.8 Å². The van der Waals surface area contributed by atoms with Crippen LogP contribution in [-0.2, 0) is 19.4 Å². The molecule has 0 saturated heterocycles. The van der Waals surface area contributed by atoms with E-state index in [9.17, 15) is 0 Å². The maximum absolute atomic E-state index is 5.65. The molecule has 0 bridgehead atoms. The molecule has 6 heteroatoms. The normalized spacial score (nSPS) is 12.9. The van der Waals surface area contributed by atoms with Crippen molar-refractivity contribution in [1.82, 2.24) is 10.6 Å². The van der Waals surface area contributed by atoms with Crippen LogP contribution in [0.2, 0.25) is 0 Å². The SMILES string of the molecule is CCNC(=NCc1ccc(OC)c(OCC)c1)NCCc1ccc2c(c1)CCO2. The second kappa shape index (κ2) is 10.6. The highest BCUT2D eigenvalue weighted by Gasteiger charge is 2.12. The van der Waals surface area contributed by atoms with Crippen molar-refractivity contribution in [2.24, 2.45) is 4.99 Å². The third kappa shape index (κ3) is 5.79. The standard InChI is InChI=1S/C23H31N3O3/c1-4-24-23(25-12-10-17-6-8-20-19(14-17)11-13-29-20)26-16-18-7-9-21(27-3)22(15-18)28-5-2/h6-9,14-15H,4-5,10-13,16H2,1-3H3,(H2,24,25,26). The van der Waals surface area contributed by atoms with Crippen molar-refractivity contribution in [3.8, 4) is 17.2 Å². The molecule has 0 amide bonds. The van der Waals surface area contributed by atoms with Crippen molar-refractivity contribution in [2.45, 2.75) is 33.2 Å². The topological polar surface area (TPSA) is 64.1 Å². The van der Waals surface area contributed by atoms with Crippen LogP contribution in [0.1, 0.15) is 30.5 Å². The molecule has 6 nitrogen and oxygen atoms in total. The molecule has 2 aromatic rings. The molecule has 156 valence electrons. The fourth-order valence-electron chi connectivity index (χ4n) is 3.32. The van der Waals surface area contributed by atoms with Crippen LogP contribution in [0.5, 0.6) is 17.2 Å². The largest absolute Gasteiger partial charge is 0.493 e. The van der Waals surface area contributed by atoms with Gasteiger partial charge in [-0.3, -0.25) is 0 Å². The summed E-state index contributed by atoms with van der Waals surface area (Å²) in [6, 6.07) is 12.4. The van der Waals surface area contributed by atoms with Crippen LogP contribution in [0.15, 0.2) is 41.4 Å². The Hall–Kier alpha value is -2.89. The van der Waals surface area contributed by atoms with Crippen molar-refractivity contribution >= 4 is 5.96 Å². The van der Waals surface area contributed by atoms with Gasteiger partial charge in [0.1, 0.15) is 5.75 Å². The molecule has 0 saturated carbocycles. The Morgan fingerprint density at radius 2 is 1.93 bits per heavy atom. The maximum Gasteiger partial charge on any atom is 0.191 e. The molecule has 0 aromatic heterocycles. The number of hydrogen-bond acceptors (Lipinski definition) is 4. The fourth-order valence-corrected chi connectivity index (χ4v) is 3.32. The van der Waals surface area contributed by atoms with Crippen molar-refractivity contribution in [3.05, 3.63) is 53.1 Å². The molecule has 2 aromatic carbocycles. The number of guanidine groups is 1. The van der Waals surface area contributed by atoms with E-state index in [0.29, 0.717) is 13.2 Å². The predicted molar refractivity (Wildman–Crippen MR) is 116 cm³/mol. The minimum atomic E-state index is 0.565. The van der Waals surface area contributed by atoms with Crippen LogP contribution in [0.25, 0.3) is 0 Å². The highest BCUT2D eigenvalue weighted by molar-refractivity contribution is 5.79. The van der Waals surface area contributed by atoms with E-state index < -0.39 is 0 Å². The van der Waals surface area contributed by atoms with E-state index in [1.807, 2.05) is 25.1 Å². The summed E-state index contributed by atoms with van der Waals surface area (Å²) < 4.78 is 16.6. The lowest BCUT2D eigenvalue weighted by atomic mass is 10.1. The summed E-state index contributed by atoms with van der Waals surface area (Å²) in [5.41, 5.74) is 3.70. The van der Waals surface area contributed by atoms with Gasteiger partial charge in [0.2, 0.25) is 0 Å². The lowest BCUT2D eigenvalue weighted by Gasteiger charge is -2.13. The third-order valence-electron chi connectivity index (χ3n) is 4.75. The summed E-state index contributed by atoms with van der Waals surface area (Å²) in [6.45, 7) is 7.62. The summed E-state index contributed by atoms with van der Waals surface area (Å²) >= 11 is 0. The van der Waals surface area contributed by atoms with E-state index in [1.54, 1.807) is 7.11 Å². The average Bonchev–Trinajstić information content (AvgIpc) is 3.20. The number of fused-ring (bicyclic) bond motifs is 1. The van der Waals surface area contributed by atoms with E-state index in [4.69, 9.17) is 19.2 Å². The van der Waals surface area contributed by atoms with E-state index in [-0.39, 0.29) is 0 Å². The minimum absolute atomic E-state index is 0.565. The molecule has 0 aliphatic carbocycles. The molecular formula is C23H31N3O3. The lowest BCUT2D eigenvalue weighted by molar-refractivity contribution is 0.310. The third-order valence-corrected chi connectivity index (χ3v) is 4.75. The van der Waals surface area contributed by atoms with E-state index in [1.165, 1.54) is 11.1 Å². The van der Waals surface area contributed by atoms with Gasteiger partial charge in [0.25, 0.3) is 0 Å². The van der Waals surface area contributed by atoms with E-state index in [0.717, 1.165) is 61.3 Å². The van der Waals surface area contributed by atoms with Gasteiger partial charge in [-0.15, -0.1) is 0 Å². The number of benzene rings is 2. The first-order valence-corrected chi connectivity index (χ1v) is 10.3. The number of methoxy groups -OCH3 is 1. The molecule has 3 rings (SSSR count). The monoisotopic (exact) mass is 397 g/mol. The molecule has 29 heavy (non-hydrogen) atoms. The Kier molecular flexibility index (Phi) is 7.61. The summed E-state index contributed by atoms with van der Waals surface area (Å²) in [7, 11) is 1.65. The Morgan fingerprint density at radius 3 is 2.72 bits per heavy atom. The number of nitrogens with one attached hydrogen (secondary N) is 2. The molecule has 1 heterocycles. The first kappa shape index (κ1) is 20.8. The molecule has 0 radical (unpaired) electrons. The molecule has 1 aliphatic heterocycles. The molecular weight excluding hydrogens is 366 g/mol. The van der Waals surface area contributed by atoms with Gasteiger partial charge in [0, 0.05) is 19.5 Å². The summed E-state index contributed by atoms with van der Waals surface area (Å²) in [6.07, 6.45) is 1.95. The Bertz CT molecular complexity index is 836. The van der Waals surface area contributed by atoms with Gasteiger partial charge in [-0.2, -0.15) is 0 Å². The number of ether oxygens (including phenoxy) is 3. The average molecular weight is 398 g/mol.